The molecule has 1 aromatic rings. The second-order valence-corrected chi connectivity index (χ2v) is 1.99. The minimum atomic E-state index is 1.00. The van der Waals surface area contributed by atoms with Gasteiger partial charge in [0.2, 0.25) is 0 Å². The maximum atomic E-state index is 4.55. The molecule has 0 heterocycles. The first-order valence-corrected chi connectivity index (χ1v) is 3.41. The van der Waals surface area contributed by atoms with Crippen LogP contribution in [0.4, 0.5) is 5.69 Å². The Labute approximate surface area is 65.2 Å². The minimum Gasteiger partial charge on any atom is -0.301 e. The van der Waals surface area contributed by atoms with Crippen molar-refractivity contribution in [1.29, 1.82) is 0 Å². The number of thiocarbonyl (C=S) groups is 1. The van der Waals surface area contributed by atoms with Crippen LogP contribution in [0.1, 0.15) is 0 Å². The zero-order chi connectivity index (χ0) is 7.23. The molecule has 0 saturated carbocycles. The lowest BCUT2D eigenvalue weighted by molar-refractivity contribution is 1.17. The van der Waals surface area contributed by atoms with Crippen LogP contribution in [0.3, 0.4) is 0 Å². The van der Waals surface area contributed by atoms with Crippen LogP contribution in [0.15, 0.2) is 30.3 Å². The zero-order valence-electron chi connectivity index (χ0n) is 5.37. The lowest BCUT2D eigenvalue weighted by atomic mass is 10.3. The Morgan fingerprint density at radius 2 is 1.90 bits per heavy atom. The molecule has 3 heteroatoms. The van der Waals surface area contributed by atoms with Crippen molar-refractivity contribution in [2.24, 2.45) is 0 Å². The summed E-state index contributed by atoms with van der Waals surface area (Å²) < 4.78 is 0. The highest BCUT2D eigenvalue weighted by Crippen LogP contribution is 2.01. The molecule has 0 amide bonds. The summed E-state index contributed by atoms with van der Waals surface area (Å²) in [4.78, 5) is 0. The Morgan fingerprint density at radius 1 is 1.20 bits per heavy atom. The van der Waals surface area contributed by atoms with Gasteiger partial charge in [0, 0.05) is 0 Å². The molecule has 1 aromatic carbocycles. The molecule has 0 bridgehead atoms. The quantitative estimate of drug-likeness (QED) is 0.507. The Bertz CT molecular complexity index is 198. The number of hydrogen-bond acceptors (Lipinski definition) is 2. The van der Waals surface area contributed by atoms with Crippen molar-refractivity contribution in [3.63, 3.8) is 0 Å². The van der Waals surface area contributed by atoms with E-state index in [2.05, 4.69) is 23.1 Å². The molecule has 0 aliphatic rings. The van der Waals surface area contributed by atoms with Gasteiger partial charge in [-0.15, -0.1) is 0 Å². The molecular formula is C7H8N2S. The first-order chi connectivity index (χ1) is 4.93. The summed E-state index contributed by atoms with van der Waals surface area (Å²) in [5.74, 6) is 0. The fourth-order valence-electron chi connectivity index (χ4n) is 0.634. The lowest BCUT2D eigenvalue weighted by Crippen LogP contribution is -2.17. The minimum absolute atomic E-state index is 1.00. The molecule has 0 spiro atoms. The highest BCUT2D eigenvalue weighted by Gasteiger charge is 1.82. The maximum Gasteiger partial charge on any atom is 0.0807 e. The molecule has 0 aliphatic heterocycles. The van der Waals surface area contributed by atoms with E-state index in [9.17, 15) is 0 Å². The Balaban J connectivity index is 2.50. The van der Waals surface area contributed by atoms with E-state index in [1.165, 1.54) is 5.49 Å². The van der Waals surface area contributed by atoms with Crippen LogP contribution in [0.25, 0.3) is 0 Å². The third-order valence-electron chi connectivity index (χ3n) is 1.05. The van der Waals surface area contributed by atoms with Gasteiger partial charge in [-0.3, -0.25) is 5.43 Å². The molecule has 52 valence electrons. The second-order valence-electron chi connectivity index (χ2n) is 1.75. The highest BCUT2D eigenvalue weighted by atomic mass is 32.1. The van der Waals surface area contributed by atoms with Gasteiger partial charge in [-0.25, -0.2) is 0 Å². The van der Waals surface area contributed by atoms with Gasteiger partial charge in [-0.05, 0) is 12.1 Å². The van der Waals surface area contributed by atoms with Crippen molar-refractivity contribution in [3.8, 4) is 0 Å². The van der Waals surface area contributed by atoms with Gasteiger partial charge in [0.25, 0.3) is 0 Å². The predicted molar refractivity (Wildman–Crippen MR) is 46.9 cm³/mol. The van der Waals surface area contributed by atoms with Crippen molar-refractivity contribution in [3.05, 3.63) is 30.3 Å². The first-order valence-electron chi connectivity index (χ1n) is 2.94. The van der Waals surface area contributed by atoms with Gasteiger partial charge in [-0.1, -0.05) is 30.4 Å². The van der Waals surface area contributed by atoms with Crippen molar-refractivity contribution in [1.82, 2.24) is 5.43 Å². The average Bonchev–Trinajstić information content (AvgIpc) is 2.03. The standard InChI is InChI=1S/C7H8N2S/c10-6-8-9-7-4-2-1-3-5-7/h1-6,9H,(H,8,10). The molecule has 0 fully saturated rings. The number of hydrazine groups is 1. The van der Waals surface area contributed by atoms with E-state index in [1.807, 2.05) is 30.3 Å². The Hall–Kier alpha value is -1.09. The summed E-state index contributed by atoms with van der Waals surface area (Å²) in [5.41, 5.74) is 8.02. The van der Waals surface area contributed by atoms with E-state index < -0.39 is 0 Å². The molecule has 1 rings (SSSR count). The topological polar surface area (TPSA) is 24.1 Å². The van der Waals surface area contributed by atoms with E-state index >= 15 is 0 Å². The van der Waals surface area contributed by atoms with Crippen molar-refractivity contribution < 1.29 is 0 Å². The van der Waals surface area contributed by atoms with Gasteiger partial charge >= 0.3 is 0 Å². The largest absolute Gasteiger partial charge is 0.301 e. The normalized spacial score (nSPS) is 8.40. The number of rotatable bonds is 3. The summed E-state index contributed by atoms with van der Waals surface area (Å²) in [6.07, 6.45) is 0. The molecule has 0 aromatic heterocycles. The lowest BCUT2D eigenvalue weighted by Gasteiger charge is -2.02. The fourth-order valence-corrected chi connectivity index (χ4v) is 0.693. The molecule has 10 heavy (non-hydrogen) atoms. The van der Waals surface area contributed by atoms with E-state index in [4.69, 9.17) is 0 Å². The highest BCUT2D eigenvalue weighted by molar-refractivity contribution is 7.78. The molecule has 0 radical (unpaired) electrons. The van der Waals surface area contributed by atoms with Crippen LogP contribution in [0.5, 0.6) is 0 Å². The fraction of sp³-hybridized carbons (Fsp3) is 0. The maximum absolute atomic E-state index is 4.55. The number of hydrogen-bond donors (Lipinski definition) is 2. The third-order valence-corrected chi connectivity index (χ3v) is 1.17. The van der Waals surface area contributed by atoms with Crippen LogP contribution < -0.4 is 10.9 Å². The monoisotopic (exact) mass is 152 g/mol. The number of nitrogens with one attached hydrogen (secondary N) is 2. The molecule has 2 N–H and O–H groups in total. The van der Waals surface area contributed by atoms with E-state index in [-0.39, 0.29) is 0 Å². The van der Waals surface area contributed by atoms with Crippen molar-refractivity contribution >= 4 is 23.4 Å². The predicted octanol–water partition coefficient (Wildman–Crippen LogP) is 1.56. The molecule has 0 aliphatic carbocycles. The van der Waals surface area contributed by atoms with Crippen LogP contribution >= 0.6 is 12.2 Å². The summed E-state index contributed by atoms with van der Waals surface area (Å²) in [5, 5.41) is 0. The van der Waals surface area contributed by atoms with Gasteiger partial charge in [0.05, 0.1) is 11.2 Å². The molecule has 0 unspecified atom stereocenters. The Morgan fingerprint density at radius 3 is 2.50 bits per heavy atom. The summed E-state index contributed by atoms with van der Waals surface area (Å²) in [6, 6.07) is 9.76. The summed E-state index contributed by atoms with van der Waals surface area (Å²) >= 11 is 4.55. The molecule has 0 atom stereocenters. The van der Waals surface area contributed by atoms with E-state index in [1.54, 1.807) is 0 Å². The molecule has 0 saturated heterocycles. The number of para-hydroxylation sites is 1. The van der Waals surface area contributed by atoms with Crippen LogP contribution in [-0.4, -0.2) is 5.49 Å². The molecule has 2 nitrogen and oxygen atoms in total. The van der Waals surface area contributed by atoms with E-state index in [0.29, 0.717) is 0 Å². The summed E-state index contributed by atoms with van der Waals surface area (Å²) in [6.45, 7) is 0. The summed E-state index contributed by atoms with van der Waals surface area (Å²) in [7, 11) is 0. The van der Waals surface area contributed by atoms with Gasteiger partial charge in [0.1, 0.15) is 0 Å². The van der Waals surface area contributed by atoms with Crippen molar-refractivity contribution in [2.45, 2.75) is 0 Å². The van der Waals surface area contributed by atoms with Crippen LogP contribution in [0, 0.1) is 0 Å². The van der Waals surface area contributed by atoms with E-state index in [0.717, 1.165) is 5.69 Å². The first kappa shape index (κ1) is 7.02. The average molecular weight is 152 g/mol. The smallest absolute Gasteiger partial charge is 0.0807 e. The number of benzene rings is 1. The van der Waals surface area contributed by atoms with Gasteiger partial charge in [0.15, 0.2) is 0 Å². The van der Waals surface area contributed by atoms with Crippen LogP contribution in [-0.2, 0) is 0 Å². The molecular weight excluding hydrogens is 144 g/mol. The SMILES string of the molecule is S=CNNc1ccccc1. The second kappa shape index (κ2) is 3.85. The van der Waals surface area contributed by atoms with Crippen molar-refractivity contribution in [2.75, 3.05) is 5.43 Å². The Kier molecular flexibility index (Phi) is 2.70. The van der Waals surface area contributed by atoms with Crippen LogP contribution in [0.2, 0.25) is 0 Å². The van der Waals surface area contributed by atoms with Gasteiger partial charge < -0.3 is 5.43 Å². The van der Waals surface area contributed by atoms with Gasteiger partial charge in [-0.2, -0.15) is 0 Å². The zero-order valence-corrected chi connectivity index (χ0v) is 6.19. The third kappa shape index (κ3) is 2.03. The number of anilines is 1.